The molecule has 2 aromatic rings. The van der Waals surface area contributed by atoms with E-state index in [9.17, 15) is 5.11 Å². The molecule has 0 aliphatic carbocycles. The summed E-state index contributed by atoms with van der Waals surface area (Å²) in [6, 6.07) is 7.28. The molecule has 0 bridgehead atoms. The summed E-state index contributed by atoms with van der Waals surface area (Å²) in [4.78, 5) is 6.90. The van der Waals surface area contributed by atoms with Gasteiger partial charge in [-0.15, -0.1) is 0 Å². The van der Waals surface area contributed by atoms with Crippen molar-refractivity contribution >= 4 is 11.6 Å². The maximum absolute atomic E-state index is 9.93. The molecule has 0 saturated heterocycles. The van der Waals surface area contributed by atoms with Gasteiger partial charge in [-0.1, -0.05) is 29.8 Å². The Hall–Kier alpha value is -1.32. The second-order valence-corrected chi connectivity index (χ2v) is 3.71. The number of aliphatic hydroxyl groups excluding tert-OH is 1. The van der Waals surface area contributed by atoms with Crippen molar-refractivity contribution in [2.75, 3.05) is 0 Å². The average Bonchev–Trinajstić information content (AvgIpc) is 2.71. The lowest BCUT2D eigenvalue weighted by atomic mass is 10.1. The van der Waals surface area contributed by atoms with Crippen molar-refractivity contribution in [1.29, 1.82) is 0 Å². The Morgan fingerprint density at radius 2 is 2.20 bits per heavy atom. The summed E-state index contributed by atoms with van der Waals surface area (Å²) in [5.74, 6) is 0. The monoisotopic (exact) mass is 222 g/mol. The first kappa shape index (κ1) is 10.2. The van der Waals surface area contributed by atoms with Gasteiger partial charge in [0.25, 0.3) is 0 Å². The minimum absolute atomic E-state index is 0.466. The van der Waals surface area contributed by atoms with Crippen LogP contribution in [0.2, 0.25) is 5.02 Å². The number of rotatable bonds is 3. The van der Waals surface area contributed by atoms with Gasteiger partial charge < -0.3 is 10.1 Å². The SMILES string of the molecule is OC(Cc1c[nH]cn1)c1ccccc1Cl. The van der Waals surface area contributed by atoms with Gasteiger partial charge in [0, 0.05) is 17.6 Å². The second-order valence-electron chi connectivity index (χ2n) is 3.30. The molecule has 1 heterocycles. The number of aromatic amines is 1. The topological polar surface area (TPSA) is 48.9 Å². The zero-order valence-electron chi connectivity index (χ0n) is 8.02. The normalized spacial score (nSPS) is 12.7. The zero-order chi connectivity index (χ0) is 10.7. The van der Waals surface area contributed by atoms with E-state index in [1.165, 1.54) is 0 Å². The molecule has 1 atom stereocenters. The van der Waals surface area contributed by atoms with Gasteiger partial charge in [0.05, 0.1) is 18.1 Å². The van der Waals surface area contributed by atoms with Gasteiger partial charge >= 0.3 is 0 Å². The van der Waals surface area contributed by atoms with Crippen molar-refractivity contribution in [3.05, 3.63) is 53.1 Å². The number of aliphatic hydroxyl groups is 1. The lowest BCUT2D eigenvalue weighted by Gasteiger charge is -2.10. The van der Waals surface area contributed by atoms with E-state index < -0.39 is 6.10 Å². The second kappa shape index (κ2) is 4.47. The number of hydrogen-bond donors (Lipinski definition) is 2. The number of hydrogen-bond acceptors (Lipinski definition) is 2. The maximum Gasteiger partial charge on any atom is 0.0923 e. The van der Waals surface area contributed by atoms with E-state index in [4.69, 9.17) is 11.6 Å². The molecule has 0 saturated carbocycles. The Kier molecular flexibility index (Phi) is 3.04. The number of imidazole rings is 1. The van der Waals surface area contributed by atoms with Crippen LogP contribution in [-0.4, -0.2) is 15.1 Å². The van der Waals surface area contributed by atoms with Gasteiger partial charge in [-0.25, -0.2) is 4.98 Å². The summed E-state index contributed by atoms with van der Waals surface area (Å²) in [5.41, 5.74) is 1.56. The molecule has 1 aromatic carbocycles. The summed E-state index contributed by atoms with van der Waals surface area (Å²) >= 11 is 5.97. The number of nitrogens with one attached hydrogen (secondary N) is 1. The first-order valence-electron chi connectivity index (χ1n) is 4.67. The predicted octanol–water partition coefficient (Wildman–Crippen LogP) is 2.34. The van der Waals surface area contributed by atoms with Crippen molar-refractivity contribution in [1.82, 2.24) is 9.97 Å². The minimum atomic E-state index is -0.609. The van der Waals surface area contributed by atoms with Crippen LogP contribution in [0.5, 0.6) is 0 Å². The largest absolute Gasteiger partial charge is 0.388 e. The molecule has 0 aliphatic heterocycles. The highest BCUT2D eigenvalue weighted by Gasteiger charge is 2.12. The number of benzene rings is 1. The lowest BCUT2D eigenvalue weighted by molar-refractivity contribution is 0.177. The summed E-state index contributed by atoms with van der Waals surface area (Å²) in [6.45, 7) is 0. The third-order valence-electron chi connectivity index (χ3n) is 2.22. The standard InChI is InChI=1S/C11H11ClN2O/c12-10-4-2-1-3-9(10)11(15)5-8-6-13-7-14-8/h1-4,6-7,11,15H,5H2,(H,13,14). The Morgan fingerprint density at radius 3 is 2.87 bits per heavy atom. The van der Waals surface area contributed by atoms with E-state index in [-0.39, 0.29) is 0 Å². The molecular formula is C11H11ClN2O. The van der Waals surface area contributed by atoms with Gasteiger partial charge in [0.1, 0.15) is 0 Å². The van der Waals surface area contributed by atoms with Crippen LogP contribution in [0.3, 0.4) is 0 Å². The van der Waals surface area contributed by atoms with Crippen molar-refractivity contribution in [2.45, 2.75) is 12.5 Å². The molecular weight excluding hydrogens is 212 g/mol. The maximum atomic E-state index is 9.93. The summed E-state index contributed by atoms with van der Waals surface area (Å²) in [7, 11) is 0. The van der Waals surface area contributed by atoms with E-state index in [1.807, 2.05) is 18.2 Å². The number of halogens is 1. The molecule has 0 radical (unpaired) electrons. The van der Waals surface area contributed by atoms with Crippen LogP contribution in [0.25, 0.3) is 0 Å². The smallest absolute Gasteiger partial charge is 0.0923 e. The molecule has 15 heavy (non-hydrogen) atoms. The van der Waals surface area contributed by atoms with Crippen molar-refractivity contribution < 1.29 is 5.11 Å². The fourth-order valence-corrected chi connectivity index (χ4v) is 1.72. The molecule has 1 unspecified atom stereocenters. The first-order valence-corrected chi connectivity index (χ1v) is 5.05. The third-order valence-corrected chi connectivity index (χ3v) is 2.57. The van der Waals surface area contributed by atoms with Gasteiger partial charge in [0.15, 0.2) is 0 Å². The minimum Gasteiger partial charge on any atom is -0.388 e. The molecule has 2 rings (SSSR count). The van der Waals surface area contributed by atoms with E-state index in [2.05, 4.69) is 9.97 Å². The Labute approximate surface area is 92.7 Å². The number of aromatic nitrogens is 2. The summed E-state index contributed by atoms with van der Waals surface area (Å²) in [6.07, 6.45) is 3.21. The third kappa shape index (κ3) is 2.37. The van der Waals surface area contributed by atoms with E-state index in [0.717, 1.165) is 11.3 Å². The van der Waals surface area contributed by atoms with E-state index in [1.54, 1.807) is 18.6 Å². The zero-order valence-corrected chi connectivity index (χ0v) is 8.78. The van der Waals surface area contributed by atoms with Crippen LogP contribution in [0.1, 0.15) is 17.4 Å². The summed E-state index contributed by atoms with van der Waals surface area (Å²) in [5, 5.41) is 10.5. The predicted molar refractivity (Wildman–Crippen MR) is 58.7 cm³/mol. The quantitative estimate of drug-likeness (QED) is 0.838. The van der Waals surface area contributed by atoms with Gasteiger partial charge in [0.2, 0.25) is 0 Å². The van der Waals surface area contributed by atoms with Gasteiger partial charge in [-0.05, 0) is 11.6 Å². The molecule has 0 fully saturated rings. The van der Waals surface area contributed by atoms with Crippen LogP contribution in [0.4, 0.5) is 0 Å². The van der Waals surface area contributed by atoms with Crippen LogP contribution < -0.4 is 0 Å². The molecule has 0 aliphatic rings. The Bertz CT molecular complexity index is 428. The lowest BCUT2D eigenvalue weighted by Crippen LogP contribution is -2.02. The van der Waals surface area contributed by atoms with Crippen LogP contribution in [-0.2, 0) is 6.42 Å². The Morgan fingerprint density at radius 1 is 1.40 bits per heavy atom. The number of nitrogens with zero attached hydrogens (tertiary/aromatic N) is 1. The van der Waals surface area contributed by atoms with E-state index >= 15 is 0 Å². The molecule has 4 heteroatoms. The van der Waals surface area contributed by atoms with E-state index in [0.29, 0.717) is 11.4 Å². The molecule has 3 nitrogen and oxygen atoms in total. The molecule has 2 N–H and O–H groups in total. The highest BCUT2D eigenvalue weighted by atomic mass is 35.5. The number of H-pyrrole nitrogens is 1. The van der Waals surface area contributed by atoms with Crippen molar-refractivity contribution in [3.8, 4) is 0 Å². The summed E-state index contributed by atoms with van der Waals surface area (Å²) < 4.78 is 0. The molecule has 78 valence electrons. The Balaban J connectivity index is 2.15. The van der Waals surface area contributed by atoms with Crippen molar-refractivity contribution in [3.63, 3.8) is 0 Å². The molecule has 0 amide bonds. The highest BCUT2D eigenvalue weighted by Crippen LogP contribution is 2.24. The van der Waals surface area contributed by atoms with Gasteiger partial charge in [-0.3, -0.25) is 0 Å². The fraction of sp³-hybridized carbons (Fsp3) is 0.182. The molecule has 0 spiro atoms. The fourth-order valence-electron chi connectivity index (χ4n) is 1.46. The molecule has 1 aromatic heterocycles. The highest BCUT2D eigenvalue weighted by molar-refractivity contribution is 6.31. The van der Waals surface area contributed by atoms with Crippen LogP contribution >= 0.6 is 11.6 Å². The van der Waals surface area contributed by atoms with Crippen LogP contribution in [0.15, 0.2) is 36.8 Å². The first-order chi connectivity index (χ1) is 7.27. The van der Waals surface area contributed by atoms with Crippen molar-refractivity contribution in [2.24, 2.45) is 0 Å². The van der Waals surface area contributed by atoms with Crippen LogP contribution in [0, 0.1) is 0 Å². The van der Waals surface area contributed by atoms with Gasteiger partial charge in [-0.2, -0.15) is 0 Å². The average molecular weight is 223 g/mol.